The quantitative estimate of drug-likeness (QED) is 0.289. The molecule has 14 heavy (non-hydrogen) atoms. The molecule has 9 heteroatoms. The van der Waals surface area contributed by atoms with Crippen LogP contribution in [0.1, 0.15) is 0 Å². The van der Waals surface area contributed by atoms with E-state index >= 15 is 0 Å². The summed E-state index contributed by atoms with van der Waals surface area (Å²) in [6.07, 6.45) is 0.0199. The van der Waals surface area contributed by atoms with Crippen molar-refractivity contribution in [1.82, 2.24) is 0 Å². The molecule has 0 aromatic heterocycles. The number of rotatable bonds is 4. The number of carbonyl (C=O) groups is 2. The molecule has 0 bridgehead atoms. The Morgan fingerprint density at radius 3 is 1.86 bits per heavy atom. The van der Waals surface area contributed by atoms with Crippen molar-refractivity contribution in [2.24, 2.45) is 0 Å². The van der Waals surface area contributed by atoms with E-state index in [1.54, 1.807) is 0 Å². The van der Waals surface area contributed by atoms with Crippen molar-refractivity contribution in [2.75, 3.05) is 0 Å². The van der Waals surface area contributed by atoms with E-state index in [4.69, 9.17) is 25.1 Å². The second-order valence-corrected chi connectivity index (χ2v) is 3.87. The summed E-state index contributed by atoms with van der Waals surface area (Å²) in [7, 11) is -5.08. The number of carboxylic acid groups (broad SMARTS) is 2. The summed E-state index contributed by atoms with van der Waals surface area (Å²) in [5.41, 5.74) is -1.27. The molecule has 1 atom stereocenters. The zero-order chi connectivity index (χ0) is 11.5. The van der Waals surface area contributed by atoms with Gasteiger partial charge in [0.2, 0.25) is 0 Å². The molecule has 0 aliphatic rings. The van der Waals surface area contributed by atoms with E-state index in [1.807, 2.05) is 0 Å². The van der Waals surface area contributed by atoms with Crippen molar-refractivity contribution in [1.29, 1.82) is 0 Å². The molecule has 0 aliphatic carbocycles. The lowest BCUT2D eigenvalue weighted by molar-refractivity contribution is -0.135. The Morgan fingerprint density at radius 2 is 1.64 bits per heavy atom. The maximum Gasteiger partial charge on any atom is 0.358 e. The molecule has 0 rings (SSSR count). The third-order valence-electron chi connectivity index (χ3n) is 1.12. The average molecular weight is 226 g/mol. The molecular formula is C5H7O8P. The Hall–Kier alpha value is -1.21. The minimum atomic E-state index is -5.08. The van der Waals surface area contributed by atoms with Crippen molar-refractivity contribution < 1.29 is 39.3 Å². The average Bonchev–Trinajstić information content (AvgIpc) is 1.96. The number of aliphatic hydroxyl groups excluding tert-OH is 1. The standard InChI is InChI=1S/C5H7O8P/c6-3(7)1-2(4(8)9)5(10)14(11,12)13/h1,5,10H,(H,6,7)(H,8,9)(H2,11,12,13)/b2-1+. The topological polar surface area (TPSA) is 152 Å². The van der Waals surface area contributed by atoms with E-state index in [1.165, 1.54) is 0 Å². The van der Waals surface area contributed by atoms with Crippen molar-refractivity contribution >= 4 is 19.5 Å². The van der Waals surface area contributed by atoms with Gasteiger partial charge in [0.05, 0.1) is 5.57 Å². The van der Waals surface area contributed by atoms with E-state index in [0.29, 0.717) is 0 Å². The number of aliphatic carboxylic acids is 2. The van der Waals surface area contributed by atoms with E-state index in [0.717, 1.165) is 0 Å². The number of hydrogen-bond donors (Lipinski definition) is 5. The van der Waals surface area contributed by atoms with Crippen LogP contribution in [0.4, 0.5) is 0 Å². The van der Waals surface area contributed by atoms with Gasteiger partial charge >= 0.3 is 19.5 Å². The molecule has 0 aromatic carbocycles. The second kappa shape index (κ2) is 4.34. The smallest absolute Gasteiger partial charge is 0.358 e. The van der Waals surface area contributed by atoms with Crippen molar-refractivity contribution in [3.8, 4) is 0 Å². The van der Waals surface area contributed by atoms with Crippen molar-refractivity contribution in [3.63, 3.8) is 0 Å². The van der Waals surface area contributed by atoms with E-state index in [2.05, 4.69) is 0 Å². The highest BCUT2D eigenvalue weighted by Crippen LogP contribution is 2.43. The molecule has 0 aromatic rings. The Morgan fingerprint density at radius 1 is 1.21 bits per heavy atom. The number of aliphatic hydroxyl groups is 1. The van der Waals surface area contributed by atoms with Crippen LogP contribution in [-0.2, 0) is 14.2 Å². The first-order chi connectivity index (χ1) is 6.16. The molecule has 5 N–H and O–H groups in total. The van der Waals surface area contributed by atoms with Crippen LogP contribution in [0.15, 0.2) is 11.6 Å². The lowest BCUT2D eigenvalue weighted by Crippen LogP contribution is -2.19. The fraction of sp³-hybridized carbons (Fsp3) is 0.200. The van der Waals surface area contributed by atoms with Crippen LogP contribution in [0, 0.1) is 0 Å². The third-order valence-corrected chi connectivity index (χ3v) is 2.04. The van der Waals surface area contributed by atoms with Crippen LogP contribution in [0.2, 0.25) is 0 Å². The van der Waals surface area contributed by atoms with Gasteiger partial charge in [-0.25, -0.2) is 9.59 Å². The van der Waals surface area contributed by atoms with E-state index in [-0.39, 0.29) is 6.08 Å². The van der Waals surface area contributed by atoms with Crippen LogP contribution in [0.3, 0.4) is 0 Å². The fourth-order valence-electron chi connectivity index (χ4n) is 0.561. The van der Waals surface area contributed by atoms with Gasteiger partial charge in [-0.2, -0.15) is 0 Å². The summed E-state index contributed by atoms with van der Waals surface area (Å²) in [5, 5.41) is 25.3. The van der Waals surface area contributed by atoms with Gasteiger partial charge in [0.15, 0.2) is 5.85 Å². The first-order valence-electron chi connectivity index (χ1n) is 3.07. The fourth-order valence-corrected chi connectivity index (χ4v) is 1.11. The number of hydrogen-bond acceptors (Lipinski definition) is 4. The second-order valence-electron chi connectivity index (χ2n) is 2.21. The van der Waals surface area contributed by atoms with Gasteiger partial charge in [-0.3, -0.25) is 4.57 Å². The van der Waals surface area contributed by atoms with Crippen LogP contribution in [-0.4, -0.2) is 42.9 Å². The van der Waals surface area contributed by atoms with Gasteiger partial charge in [-0.05, 0) is 0 Å². The Labute approximate surface area is 77.3 Å². The molecule has 80 valence electrons. The van der Waals surface area contributed by atoms with Gasteiger partial charge in [0.25, 0.3) is 0 Å². The van der Waals surface area contributed by atoms with Crippen molar-refractivity contribution in [3.05, 3.63) is 11.6 Å². The summed E-state index contributed by atoms with van der Waals surface area (Å²) in [5.74, 6) is -6.28. The molecule has 8 nitrogen and oxygen atoms in total. The maximum atomic E-state index is 10.4. The van der Waals surface area contributed by atoms with Gasteiger partial charge in [0.1, 0.15) is 0 Å². The Kier molecular flexibility index (Phi) is 3.96. The van der Waals surface area contributed by atoms with Crippen molar-refractivity contribution in [2.45, 2.75) is 5.85 Å². The largest absolute Gasteiger partial charge is 0.478 e. The first kappa shape index (κ1) is 12.8. The van der Waals surface area contributed by atoms with Gasteiger partial charge in [-0.15, -0.1) is 0 Å². The van der Waals surface area contributed by atoms with Crippen LogP contribution >= 0.6 is 7.60 Å². The molecule has 0 aliphatic heterocycles. The molecule has 0 fully saturated rings. The lowest BCUT2D eigenvalue weighted by atomic mass is 10.2. The normalized spacial score (nSPS) is 14.9. The number of carboxylic acids is 2. The highest BCUT2D eigenvalue weighted by molar-refractivity contribution is 7.52. The molecule has 0 amide bonds. The first-order valence-corrected chi connectivity index (χ1v) is 4.75. The molecule has 0 radical (unpaired) electrons. The molecule has 1 unspecified atom stereocenters. The minimum Gasteiger partial charge on any atom is -0.478 e. The lowest BCUT2D eigenvalue weighted by Gasteiger charge is -2.11. The van der Waals surface area contributed by atoms with E-state index < -0.39 is 31.0 Å². The highest BCUT2D eigenvalue weighted by atomic mass is 31.2. The minimum absolute atomic E-state index is 0.0199. The van der Waals surface area contributed by atoms with E-state index in [9.17, 15) is 14.2 Å². The molecule has 0 saturated heterocycles. The highest BCUT2D eigenvalue weighted by Gasteiger charge is 2.34. The zero-order valence-corrected chi connectivity index (χ0v) is 7.46. The zero-order valence-electron chi connectivity index (χ0n) is 6.56. The predicted octanol–water partition coefficient (Wildman–Crippen LogP) is -1.42. The van der Waals surface area contributed by atoms with Crippen LogP contribution in [0.5, 0.6) is 0 Å². The SMILES string of the molecule is O=C(O)/C=C(\C(=O)O)C(O)P(=O)(O)O. The predicted molar refractivity (Wildman–Crippen MR) is 41.4 cm³/mol. The third kappa shape index (κ3) is 3.67. The summed E-state index contributed by atoms with van der Waals surface area (Å²) in [6.45, 7) is 0. The van der Waals surface area contributed by atoms with Crippen LogP contribution in [0.25, 0.3) is 0 Å². The summed E-state index contributed by atoms with van der Waals surface area (Å²) in [6, 6.07) is 0. The Bertz CT molecular complexity index is 325. The van der Waals surface area contributed by atoms with Gasteiger partial charge in [0, 0.05) is 6.08 Å². The van der Waals surface area contributed by atoms with Gasteiger partial charge in [-0.1, -0.05) is 0 Å². The maximum absolute atomic E-state index is 10.4. The molecular weight excluding hydrogens is 219 g/mol. The summed E-state index contributed by atoms with van der Waals surface area (Å²) >= 11 is 0. The Balaban J connectivity index is 5.15. The van der Waals surface area contributed by atoms with Crippen LogP contribution < -0.4 is 0 Å². The summed E-state index contributed by atoms with van der Waals surface area (Å²) in [4.78, 5) is 37.1. The summed E-state index contributed by atoms with van der Waals surface area (Å²) < 4.78 is 10.4. The molecule has 0 heterocycles. The molecule has 0 saturated carbocycles. The molecule has 0 spiro atoms. The van der Waals surface area contributed by atoms with Gasteiger partial charge < -0.3 is 25.1 Å². The monoisotopic (exact) mass is 226 g/mol.